The summed E-state index contributed by atoms with van der Waals surface area (Å²) in [5.74, 6) is -0.948. The lowest BCUT2D eigenvalue weighted by atomic mass is 10.1. The number of piperazine rings is 1. The minimum absolute atomic E-state index is 0.0591. The number of halogens is 1. The van der Waals surface area contributed by atoms with Crippen LogP contribution in [0.15, 0.2) is 18.2 Å². The van der Waals surface area contributed by atoms with E-state index >= 15 is 0 Å². The van der Waals surface area contributed by atoms with Gasteiger partial charge in [0.15, 0.2) is 0 Å². The molecule has 2 rings (SSSR count). The normalized spacial score (nSPS) is 19.0. The van der Waals surface area contributed by atoms with Crippen molar-refractivity contribution in [1.29, 1.82) is 0 Å². The van der Waals surface area contributed by atoms with Gasteiger partial charge in [-0.25, -0.2) is 4.39 Å². The minimum Gasteiger partial charge on any atom is -0.375 e. The van der Waals surface area contributed by atoms with E-state index < -0.39 is 11.9 Å². The number of carbonyl (C=O) groups is 2. The van der Waals surface area contributed by atoms with E-state index in [0.717, 1.165) is 5.56 Å². The van der Waals surface area contributed by atoms with Crippen LogP contribution in [0.1, 0.15) is 12.5 Å². The number of hydrogen-bond acceptors (Lipinski definition) is 3. The van der Waals surface area contributed by atoms with Crippen LogP contribution in [0.25, 0.3) is 0 Å². The van der Waals surface area contributed by atoms with Gasteiger partial charge in [0.05, 0.1) is 5.69 Å². The summed E-state index contributed by atoms with van der Waals surface area (Å²) >= 11 is 0. The van der Waals surface area contributed by atoms with E-state index in [1.54, 1.807) is 19.1 Å². The molecule has 0 aromatic heterocycles. The molecule has 0 saturated carbocycles. The third-order valence-electron chi connectivity index (χ3n) is 3.64. The van der Waals surface area contributed by atoms with Gasteiger partial charge in [-0.2, -0.15) is 0 Å². The topological polar surface area (TPSA) is 49.9 Å². The molecule has 1 aliphatic heterocycles. The van der Waals surface area contributed by atoms with Crippen LogP contribution in [-0.4, -0.2) is 49.6 Å². The molecule has 1 atom stereocenters. The van der Waals surface area contributed by atoms with E-state index in [4.69, 9.17) is 4.74 Å². The molecule has 1 aromatic carbocycles. The smallest absolute Gasteiger partial charge is 0.249 e. The number of amides is 2. The molecule has 6 heteroatoms. The first-order valence-corrected chi connectivity index (χ1v) is 6.81. The van der Waals surface area contributed by atoms with Gasteiger partial charge in [0, 0.05) is 20.2 Å². The van der Waals surface area contributed by atoms with E-state index in [-0.39, 0.29) is 30.7 Å². The zero-order valence-electron chi connectivity index (χ0n) is 12.4. The zero-order chi connectivity index (χ0) is 15.6. The molecule has 0 spiro atoms. The van der Waals surface area contributed by atoms with Gasteiger partial charge in [-0.15, -0.1) is 0 Å². The maximum atomic E-state index is 13.9. The summed E-state index contributed by atoms with van der Waals surface area (Å²) in [5, 5.41) is 0. The average Bonchev–Trinajstić information content (AvgIpc) is 2.45. The van der Waals surface area contributed by atoms with Crippen LogP contribution in [0.3, 0.4) is 0 Å². The summed E-state index contributed by atoms with van der Waals surface area (Å²) in [5.41, 5.74) is 1.15. The van der Waals surface area contributed by atoms with E-state index in [1.807, 2.05) is 6.92 Å². The summed E-state index contributed by atoms with van der Waals surface area (Å²) in [4.78, 5) is 27.2. The molecule has 5 nitrogen and oxygen atoms in total. The van der Waals surface area contributed by atoms with Crippen LogP contribution in [0.2, 0.25) is 0 Å². The lowest BCUT2D eigenvalue weighted by Crippen LogP contribution is -2.58. The van der Waals surface area contributed by atoms with Gasteiger partial charge in [-0.1, -0.05) is 6.07 Å². The molecular weight excluding hydrogens is 275 g/mol. The molecule has 21 heavy (non-hydrogen) atoms. The highest BCUT2D eigenvalue weighted by atomic mass is 19.1. The van der Waals surface area contributed by atoms with Gasteiger partial charge in [-0.05, 0) is 31.5 Å². The summed E-state index contributed by atoms with van der Waals surface area (Å²) in [7, 11) is 1.43. The highest BCUT2D eigenvalue weighted by Gasteiger charge is 2.35. The Morgan fingerprint density at radius 2 is 2.14 bits per heavy atom. The fourth-order valence-electron chi connectivity index (χ4n) is 2.49. The molecule has 114 valence electrons. The molecule has 1 aliphatic rings. The van der Waals surface area contributed by atoms with Crippen LogP contribution in [0.5, 0.6) is 0 Å². The molecule has 2 amide bonds. The van der Waals surface area contributed by atoms with Gasteiger partial charge in [0.25, 0.3) is 0 Å². The Hall–Kier alpha value is -1.95. The highest BCUT2D eigenvalue weighted by molar-refractivity contribution is 6.00. The van der Waals surface area contributed by atoms with Crippen molar-refractivity contribution in [2.24, 2.45) is 0 Å². The molecule has 1 aromatic rings. The van der Waals surface area contributed by atoms with Crippen LogP contribution < -0.4 is 4.90 Å². The Balaban J connectivity index is 2.21. The molecule has 1 unspecified atom stereocenters. The van der Waals surface area contributed by atoms with E-state index in [2.05, 4.69) is 0 Å². The number of anilines is 1. The number of aryl methyl sites for hydroxylation is 1. The number of ether oxygens (including phenoxy) is 1. The zero-order valence-corrected chi connectivity index (χ0v) is 12.4. The molecular formula is C15H19FN2O3. The molecule has 0 aliphatic carbocycles. The van der Waals surface area contributed by atoms with Crippen LogP contribution in [0.4, 0.5) is 10.1 Å². The second-order valence-electron chi connectivity index (χ2n) is 5.14. The first-order valence-electron chi connectivity index (χ1n) is 6.81. The maximum Gasteiger partial charge on any atom is 0.249 e. The van der Waals surface area contributed by atoms with Gasteiger partial charge in [-0.3, -0.25) is 9.59 Å². The molecule has 0 radical (unpaired) electrons. The van der Waals surface area contributed by atoms with Crippen molar-refractivity contribution in [1.82, 2.24) is 4.90 Å². The summed E-state index contributed by atoms with van der Waals surface area (Å²) < 4.78 is 18.7. The highest BCUT2D eigenvalue weighted by Crippen LogP contribution is 2.24. The predicted molar refractivity (Wildman–Crippen MR) is 76.5 cm³/mol. The molecule has 1 heterocycles. The van der Waals surface area contributed by atoms with Crippen molar-refractivity contribution in [3.8, 4) is 0 Å². The third kappa shape index (κ3) is 3.05. The fraction of sp³-hybridized carbons (Fsp3) is 0.467. The standard InChI is InChI=1S/C15H19FN2O3/c1-10-4-5-12(16)13(8-10)18-7-6-17(11(2)15(18)20)14(19)9-21-3/h4-5,8,11H,6-7,9H2,1-3H3. The van der Waals surface area contributed by atoms with E-state index in [1.165, 1.54) is 23.0 Å². The second kappa shape index (κ2) is 6.22. The molecule has 0 bridgehead atoms. The van der Waals surface area contributed by atoms with Crippen molar-refractivity contribution in [3.05, 3.63) is 29.6 Å². The Bertz CT molecular complexity index is 562. The summed E-state index contributed by atoms with van der Waals surface area (Å²) in [6.07, 6.45) is 0. The third-order valence-corrected chi connectivity index (χ3v) is 3.64. The molecule has 1 fully saturated rings. The number of hydrogen-bond donors (Lipinski definition) is 0. The van der Waals surface area contributed by atoms with Crippen LogP contribution in [0, 0.1) is 12.7 Å². The Morgan fingerprint density at radius 1 is 1.43 bits per heavy atom. The Kier molecular flexibility index (Phi) is 4.57. The van der Waals surface area contributed by atoms with Crippen molar-refractivity contribution in [3.63, 3.8) is 0 Å². The second-order valence-corrected chi connectivity index (χ2v) is 5.14. The number of rotatable bonds is 3. The Labute approximate surface area is 123 Å². The summed E-state index contributed by atoms with van der Waals surface area (Å²) in [6, 6.07) is 4.03. The number of benzene rings is 1. The van der Waals surface area contributed by atoms with E-state index in [9.17, 15) is 14.0 Å². The van der Waals surface area contributed by atoms with Gasteiger partial charge >= 0.3 is 0 Å². The van der Waals surface area contributed by atoms with Crippen LogP contribution in [-0.2, 0) is 14.3 Å². The van der Waals surface area contributed by atoms with Crippen molar-refractivity contribution in [2.75, 3.05) is 31.7 Å². The van der Waals surface area contributed by atoms with Crippen molar-refractivity contribution in [2.45, 2.75) is 19.9 Å². The lowest BCUT2D eigenvalue weighted by molar-refractivity contribution is -0.143. The van der Waals surface area contributed by atoms with Crippen molar-refractivity contribution < 1.29 is 18.7 Å². The first-order chi connectivity index (χ1) is 9.95. The van der Waals surface area contributed by atoms with Crippen molar-refractivity contribution >= 4 is 17.5 Å². The van der Waals surface area contributed by atoms with Gasteiger partial charge in [0.1, 0.15) is 18.5 Å². The number of carbonyl (C=O) groups excluding carboxylic acids is 2. The lowest BCUT2D eigenvalue weighted by Gasteiger charge is -2.39. The monoisotopic (exact) mass is 294 g/mol. The van der Waals surface area contributed by atoms with Gasteiger partial charge < -0.3 is 14.5 Å². The quantitative estimate of drug-likeness (QED) is 0.845. The van der Waals surface area contributed by atoms with Crippen LogP contribution >= 0.6 is 0 Å². The predicted octanol–water partition coefficient (Wildman–Crippen LogP) is 1.34. The maximum absolute atomic E-state index is 13.9. The SMILES string of the molecule is COCC(=O)N1CCN(c2cc(C)ccc2F)C(=O)C1C. The number of methoxy groups -OCH3 is 1. The van der Waals surface area contributed by atoms with E-state index in [0.29, 0.717) is 6.54 Å². The molecule has 0 N–H and O–H groups in total. The van der Waals surface area contributed by atoms with Gasteiger partial charge in [0.2, 0.25) is 11.8 Å². The minimum atomic E-state index is -0.624. The average molecular weight is 294 g/mol. The largest absolute Gasteiger partial charge is 0.375 e. The number of nitrogens with zero attached hydrogens (tertiary/aromatic N) is 2. The summed E-state index contributed by atoms with van der Waals surface area (Å²) in [6.45, 7) is 4.07. The Morgan fingerprint density at radius 3 is 2.81 bits per heavy atom. The molecule has 1 saturated heterocycles. The fourth-order valence-corrected chi connectivity index (χ4v) is 2.49. The first kappa shape index (κ1) is 15.4.